The zero-order valence-corrected chi connectivity index (χ0v) is 8.39. The Morgan fingerprint density at radius 2 is 2.38 bits per heavy atom. The summed E-state index contributed by atoms with van der Waals surface area (Å²) in [4.78, 5) is 0. The van der Waals surface area contributed by atoms with Crippen molar-refractivity contribution in [3.63, 3.8) is 0 Å². The molecule has 0 aromatic heterocycles. The lowest BCUT2D eigenvalue weighted by Crippen LogP contribution is -2.22. The minimum Gasteiger partial charge on any atom is -0.366 e. The zero-order valence-electron chi connectivity index (χ0n) is 8.39. The summed E-state index contributed by atoms with van der Waals surface area (Å²) in [5, 5.41) is 3.16. The second kappa shape index (κ2) is 5.04. The number of hydrogen-bond acceptors (Lipinski definition) is 3. The van der Waals surface area contributed by atoms with Crippen LogP contribution in [0.1, 0.15) is 20.3 Å². The molecule has 0 fully saturated rings. The van der Waals surface area contributed by atoms with Crippen molar-refractivity contribution in [1.29, 1.82) is 0 Å². The summed E-state index contributed by atoms with van der Waals surface area (Å²) in [6, 6.07) is 0. The van der Waals surface area contributed by atoms with Crippen molar-refractivity contribution in [3.05, 3.63) is 22.9 Å². The summed E-state index contributed by atoms with van der Waals surface area (Å²) in [6.07, 6.45) is 3.17. The minimum atomic E-state index is 0.572. The van der Waals surface area contributed by atoms with E-state index in [1.54, 1.807) is 0 Å². The quantitative estimate of drug-likeness (QED) is 0.673. The normalized spacial score (nSPS) is 28.4. The number of allylic oxidation sites excluding steroid dienone is 3. The standard InChI is InChI=1S/C10H18N2O/c1-3-9-4-8(2)12-7-13-6-10(9)5-11/h4,12H,3,5-7,11H2,1-2H3/b8-4-,10-9-. The molecule has 3 heteroatoms. The van der Waals surface area contributed by atoms with Gasteiger partial charge in [0.05, 0.1) is 6.61 Å². The van der Waals surface area contributed by atoms with E-state index in [0.29, 0.717) is 19.9 Å². The highest BCUT2D eigenvalue weighted by Crippen LogP contribution is 2.13. The molecule has 0 bridgehead atoms. The van der Waals surface area contributed by atoms with Crippen LogP contribution in [0, 0.1) is 0 Å². The van der Waals surface area contributed by atoms with Crippen LogP contribution in [0.3, 0.4) is 0 Å². The number of ether oxygens (including phenoxy) is 1. The van der Waals surface area contributed by atoms with E-state index in [4.69, 9.17) is 10.5 Å². The average Bonchev–Trinajstić information content (AvgIpc) is 2.11. The van der Waals surface area contributed by atoms with E-state index < -0.39 is 0 Å². The predicted octanol–water partition coefficient (Wildman–Crippen LogP) is 1.13. The van der Waals surface area contributed by atoms with Gasteiger partial charge in [-0.15, -0.1) is 0 Å². The SMILES string of the molecule is CCC1=C(\CN)COCN/C(C)=C\1. The third-order valence-corrected chi connectivity index (χ3v) is 2.20. The fourth-order valence-corrected chi connectivity index (χ4v) is 1.39. The molecule has 1 rings (SSSR count). The molecule has 0 saturated heterocycles. The van der Waals surface area contributed by atoms with E-state index in [-0.39, 0.29) is 0 Å². The second-order valence-electron chi connectivity index (χ2n) is 3.18. The number of hydrogen-bond donors (Lipinski definition) is 2. The molecule has 0 saturated carbocycles. The molecule has 0 amide bonds. The topological polar surface area (TPSA) is 47.3 Å². The van der Waals surface area contributed by atoms with Crippen molar-refractivity contribution < 1.29 is 4.74 Å². The van der Waals surface area contributed by atoms with Crippen LogP contribution in [0.2, 0.25) is 0 Å². The van der Waals surface area contributed by atoms with Crippen LogP contribution in [0.4, 0.5) is 0 Å². The van der Waals surface area contributed by atoms with Crippen LogP contribution in [-0.4, -0.2) is 19.9 Å². The van der Waals surface area contributed by atoms with Crippen LogP contribution in [0.5, 0.6) is 0 Å². The van der Waals surface area contributed by atoms with Crippen LogP contribution < -0.4 is 11.1 Å². The van der Waals surface area contributed by atoms with E-state index in [2.05, 4.69) is 18.3 Å². The highest BCUT2D eigenvalue weighted by atomic mass is 16.5. The Kier molecular flexibility index (Phi) is 3.99. The van der Waals surface area contributed by atoms with Gasteiger partial charge in [0.2, 0.25) is 0 Å². The van der Waals surface area contributed by atoms with Crippen molar-refractivity contribution in [1.82, 2.24) is 5.32 Å². The molecule has 3 N–H and O–H groups in total. The molecule has 0 aliphatic carbocycles. The molecule has 0 aromatic rings. The summed E-state index contributed by atoms with van der Waals surface area (Å²) >= 11 is 0. The molecule has 3 nitrogen and oxygen atoms in total. The molecule has 0 aromatic carbocycles. The van der Waals surface area contributed by atoms with Gasteiger partial charge in [-0.25, -0.2) is 0 Å². The zero-order chi connectivity index (χ0) is 9.68. The molecule has 0 unspecified atom stereocenters. The first kappa shape index (κ1) is 10.3. The van der Waals surface area contributed by atoms with Crippen molar-refractivity contribution in [2.24, 2.45) is 5.73 Å². The van der Waals surface area contributed by atoms with Gasteiger partial charge in [0.25, 0.3) is 0 Å². The number of nitrogens with one attached hydrogen (secondary N) is 1. The van der Waals surface area contributed by atoms with E-state index in [1.807, 2.05) is 6.92 Å². The first-order valence-corrected chi connectivity index (χ1v) is 4.68. The van der Waals surface area contributed by atoms with Crippen LogP contribution >= 0.6 is 0 Å². The molecular weight excluding hydrogens is 164 g/mol. The summed E-state index contributed by atoms with van der Waals surface area (Å²) in [7, 11) is 0. The summed E-state index contributed by atoms with van der Waals surface area (Å²) < 4.78 is 5.39. The average molecular weight is 182 g/mol. The molecule has 1 aliphatic rings. The Hall–Kier alpha value is -0.800. The van der Waals surface area contributed by atoms with Gasteiger partial charge in [-0.1, -0.05) is 6.92 Å². The van der Waals surface area contributed by atoms with Gasteiger partial charge in [-0.2, -0.15) is 0 Å². The lowest BCUT2D eigenvalue weighted by atomic mass is 10.0. The number of rotatable bonds is 2. The minimum absolute atomic E-state index is 0.572. The highest BCUT2D eigenvalue weighted by molar-refractivity contribution is 5.29. The van der Waals surface area contributed by atoms with Gasteiger partial charge in [0.1, 0.15) is 6.73 Å². The van der Waals surface area contributed by atoms with Gasteiger partial charge in [0, 0.05) is 12.2 Å². The van der Waals surface area contributed by atoms with Crippen molar-refractivity contribution >= 4 is 0 Å². The monoisotopic (exact) mass is 182 g/mol. The first-order chi connectivity index (χ1) is 6.27. The molecule has 13 heavy (non-hydrogen) atoms. The number of nitrogens with two attached hydrogens (primary N) is 1. The van der Waals surface area contributed by atoms with E-state index >= 15 is 0 Å². The Bertz CT molecular complexity index is 231. The molecule has 0 atom stereocenters. The summed E-state index contributed by atoms with van der Waals surface area (Å²) in [6.45, 7) is 5.99. The fraction of sp³-hybridized carbons (Fsp3) is 0.600. The summed E-state index contributed by atoms with van der Waals surface area (Å²) in [5.41, 5.74) is 9.30. The molecule has 0 spiro atoms. The Labute approximate surface area is 79.6 Å². The summed E-state index contributed by atoms with van der Waals surface area (Å²) in [5.74, 6) is 0. The lowest BCUT2D eigenvalue weighted by Gasteiger charge is -2.16. The largest absolute Gasteiger partial charge is 0.366 e. The maximum atomic E-state index is 5.65. The fourth-order valence-electron chi connectivity index (χ4n) is 1.39. The Morgan fingerprint density at radius 3 is 3.00 bits per heavy atom. The molecule has 74 valence electrons. The lowest BCUT2D eigenvalue weighted by molar-refractivity contribution is 0.141. The molecule has 1 heterocycles. The Morgan fingerprint density at radius 1 is 1.62 bits per heavy atom. The van der Waals surface area contributed by atoms with Crippen molar-refractivity contribution in [2.75, 3.05) is 19.9 Å². The van der Waals surface area contributed by atoms with Gasteiger partial charge < -0.3 is 15.8 Å². The third-order valence-electron chi connectivity index (χ3n) is 2.20. The van der Waals surface area contributed by atoms with Crippen LogP contribution in [-0.2, 0) is 4.74 Å². The van der Waals surface area contributed by atoms with E-state index in [9.17, 15) is 0 Å². The molecular formula is C10H18N2O. The van der Waals surface area contributed by atoms with Crippen molar-refractivity contribution in [2.45, 2.75) is 20.3 Å². The maximum absolute atomic E-state index is 5.65. The predicted molar refractivity (Wildman–Crippen MR) is 54.1 cm³/mol. The third kappa shape index (κ3) is 2.86. The second-order valence-corrected chi connectivity index (χ2v) is 3.18. The van der Waals surface area contributed by atoms with Gasteiger partial charge in [0.15, 0.2) is 0 Å². The van der Waals surface area contributed by atoms with E-state index in [1.165, 1.54) is 11.1 Å². The van der Waals surface area contributed by atoms with Gasteiger partial charge in [-0.05, 0) is 30.6 Å². The smallest absolute Gasteiger partial charge is 0.116 e. The highest BCUT2D eigenvalue weighted by Gasteiger charge is 2.05. The maximum Gasteiger partial charge on any atom is 0.116 e. The van der Waals surface area contributed by atoms with Gasteiger partial charge in [-0.3, -0.25) is 0 Å². The molecule has 0 radical (unpaired) electrons. The molecule has 1 aliphatic heterocycles. The first-order valence-electron chi connectivity index (χ1n) is 4.68. The Balaban J connectivity index is 2.89. The van der Waals surface area contributed by atoms with Crippen LogP contribution in [0.25, 0.3) is 0 Å². The van der Waals surface area contributed by atoms with Crippen LogP contribution in [0.15, 0.2) is 22.9 Å². The van der Waals surface area contributed by atoms with Crippen molar-refractivity contribution in [3.8, 4) is 0 Å². The van der Waals surface area contributed by atoms with E-state index in [0.717, 1.165) is 12.1 Å². The van der Waals surface area contributed by atoms with Gasteiger partial charge >= 0.3 is 0 Å².